The van der Waals surface area contributed by atoms with Crippen LogP contribution >= 0.6 is 11.6 Å². The molecule has 4 rings (SSSR count). The molecule has 3 heterocycles. The highest BCUT2D eigenvalue weighted by atomic mass is 35.5. The summed E-state index contributed by atoms with van der Waals surface area (Å²) in [5, 5.41) is 14.7. The summed E-state index contributed by atoms with van der Waals surface area (Å²) in [5.41, 5.74) is 4.75. The van der Waals surface area contributed by atoms with Gasteiger partial charge in [0, 0.05) is 24.5 Å². The van der Waals surface area contributed by atoms with Gasteiger partial charge in [-0.05, 0) is 51.9 Å². The van der Waals surface area contributed by atoms with Crippen molar-refractivity contribution in [1.82, 2.24) is 34.7 Å². The van der Waals surface area contributed by atoms with E-state index in [4.69, 9.17) is 11.6 Å². The highest BCUT2D eigenvalue weighted by Crippen LogP contribution is 2.29. The Morgan fingerprint density at radius 3 is 2.53 bits per heavy atom. The summed E-state index contributed by atoms with van der Waals surface area (Å²) in [6.45, 7) is 7.47. The molecule has 8 nitrogen and oxygen atoms in total. The molecule has 34 heavy (non-hydrogen) atoms. The zero-order valence-electron chi connectivity index (χ0n) is 19.8. The normalized spacial score (nSPS) is 11.4. The van der Waals surface area contributed by atoms with Crippen LogP contribution in [0.25, 0.3) is 22.5 Å². The third-order valence-electron chi connectivity index (χ3n) is 5.85. The molecule has 0 aliphatic heterocycles. The number of hydrogen-bond donors (Lipinski definition) is 1. The molecule has 9 heteroatoms. The zero-order chi connectivity index (χ0) is 24.1. The molecule has 0 spiro atoms. The fourth-order valence-corrected chi connectivity index (χ4v) is 4.50. The number of hydrogen-bond acceptors (Lipinski definition) is 5. The molecule has 0 fully saturated rings. The standard InChI is InChI=1S/C25H30ClN7O/c1-4-5-6-7-22-23(26)33(15-17(2)3)25(34)32(22)16-18-8-10-19(11-9-18)20-12-13-27-14-21(20)24-28-30-31-29-24/h8-14,17H,4-7,15-16H2,1-3H3,(H,28,29,30,31). The number of aromatic nitrogens is 7. The van der Waals surface area contributed by atoms with Gasteiger partial charge >= 0.3 is 5.69 Å². The topological polar surface area (TPSA) is 94.3 Å². The lowest BCUT2D eigenvalue weighted by Gasteiger charge is -2.10. The van der Waals surface area contributed by atoms with Crippen molar-refractivity contribution in [3.05, 3.63) is 69.6 Å². The maximum atomic E-state index is 13.3. The van der Waals surface area contributed by atoms with Crippen LogP contribution in [0.4, 0.5) is 0 Å². The molecular weight excluding hydrogens is 450 g/mol. The largest absolute Gasteiger partial charge is 0.329 e. The monoisotopic (exact) mass is 479 g/mol. The number of pyridine rings is 1. The van der Waals surface area contributed by atoms with Crippen LogP contribution < -0.4 is 5.69 Å². The molecular formula is C25H30ClN7O. The lowest BCUT2D eigenvalue weighted by Crippen LogP contribution is -2.27. The second-order valence-corrected chi connectivity index (χ2v) is 9.29. The minimum Gasteiger partial charge on any atom is -0.290 e. The number of aromatic amines is 1. The summed E-state index contributed by atoms with van der Waals surface area (Å²) < 4.78 is 3.56. The van der Waals surface area contributed by atoms with E-state index in [0.29, 0.717) is 30.0 Å². The van der Waals surface area contributed by atoms with Crippen molar-refractivity contribution in [2.24, 2.45) is 5.92 Å². The van der Waals surface area contributed by atoms with Crippen molar-refractivity contribution < 1.29 is 0 Å². The molecule has 0 atom stereocenters. The summed E-state index contributed by atoms with van der Waals surface area (Å²) >= 11 is 6.71. The van der Waals surface area contributed by atoms with Gasteiger partial charge in [-0.25, -0.2) is 9.89 Å². The van der Waals surface area contributed by atoms with Gasteiger partial charge in [-0.3, -0.25) is 14.1 Å². The Morgan fingerprint density at radius 2 is 1.85 bits per heavy atom. The average molecular weight is 480 g/mol. The van der Waals surface area contributed by atoms with E-state index in [1.54, 1.807) is 17.0 Å². The molecule has 0 aliphatic rings. The van der Waals surface area contributed by atoms with Crippen molar-refractivity contribution >= 4 is 11.6 Å². The number of nitrogens with zero attached hydrogens (tertiary/aromatic N) is 6. The van der Waals surface area contributed by atoms with Gasteiger partial charge in [-0.15, -0.1) is 5.10 Å². The van der Waals surface area contributed by atoms with Gasteiger partial charge in [0.05, 0.1) is 12.2 Å². The van der Waals surface area contributed by atoms with Crippen LogP contribution in [0, 0.1) is 5.92 Å². The Labute approximate surface area is 204 Å². The van der Waals surface area contributed by atoms with E-state index < -0.39 is 0 Å². The molecule has 0 bridgehead atoms. The Hall–Kier alpha value is -3.26. The SMILES string of the molecule is CCCCCc1c(Cl)n(CC(C)C)c(=O)n1Cc1ccc(-c2ccncc2-c2nnn[nH]2)cc1. The maximum Gasteiger partial charge on any atom is 0.329 e. The molecule has 0 saturated heterocycles. The lowest BCUT2D eigenvalue weighted by atomic mass is 10.00. The predicted molar refractivity (Wildman–Crippen MR) is 134 cm³/mol. The third-order valence-corrected chi connectivity index (χ3v) is 6.28. The number of benzene rings is 1. The van der Waals surface area contributed by atoms with E-state index in [1.165, 1.54) is 0 Å². The average Bonchev–Trinajstić information content (AvgIpc) is 3.45. The summed E-state index contributed by atoms with van der Waals surface area (Å²) in [6, 6.07) is 10.1. The fraction of sp³-hybridized carbons (Fsp3) is 0.400. The molecule has 178 valence electrons. The molecule has 1 N–H and O–H groups in total. The van der Waals surface area contributed by atoms with E-state index in [2.05, 4.69) is 46.4 Å². The zero-order valence-corrected chi connectivity index (χ0v) is 20.6. The number of unbranched alkanes of at least 4 members (excludes halogenated alkanes) is 2. The molecule has 3 aromatic heterocycles. The molecule has 0 radical (unpaired) electrons. The van der Waals surface area contributed by atoms with Crippen LogP contribution in [0.15, 0.2) is 47.5 Å². The number of H-pyrrole nitrogens is 1. The van der Waals surface area contributed by atoms with E-state index >= 15 is 0 Å². The van der Waals surface area contributed by atoms with Gasteiger partial charge in [0.15, 0.2) is 5.82 Å². The number of nitrogens with one attached hydrogen (secondary N) is 1. The van der Waals surface area contributed by atoms with Crippen LogP contribution in [0.1, 0.15) is 51.3 Å². The number of imidazole rings is 1. The summed E-state index contributed by atoms with van der Waals surface area (Å²) in [5.74, 6) is 0.902. The van der Waals surface area contributed by atoms with E-state index in [1.807, 2.05) is 34.9 Å². The van der Waals surface area contributed by atoms with E-state index in [-0.39, 0.29) is 5.69 Å². The van der Waals surface area contributed by atoms with E-state index in [0.717, 1.165) is 53.6 Å². The van der Waals surface area contributed by atoms with Crippen molar-refractivity contribution in [1.29, 1.82) is 0 Å². The maximum absolute atomic E-state index is 13.3. The highest BCUT2D eigenvalue weighted by Gasteiger charge is 2.19. The van der Waals surface area contributed by atoms with Gasteiger partial charge in [0.2, 0.25) is 0 Å². The molecule has 0 saturated carbocycles. The fourth-order valence-electron chi connectivity index (χ4n) is 4.16. The molecule has 0 aliphatic carbocycles. The van der Waals surface area contributed by atoms with Crippen molar-refractivity contribution in [3.8, 4) is 22.5 Å². The molecule has 4 aromatic rings. The van der Waals surface area contributed by atoms with Crippen molar-refractivity contribution in [2.75, 3.05) is 0 Å². The quantitative estimate of drug-likeness (QED) is 0.323. The first-order valence-corrected chi connectivity index (χ1v) is 12.1. The minimum absolute atomic E-state index is 0.0384. The van der Waals surface area contributed by atoms with Crippen LogP contribution in [0.3, 0.4) is 0 Å². The summed E-state index contributed by atoms with van der Waals surface area (Å²) in [4.78, 5) is 17.5. The van der Waals surface area contributed by atoms with Crippen LogP contribution in [0.5, 0.6) is 0 Å². The van der Waals surface area contributed by atoms with Crippen molar-refractivity contribution in [2.45, 2.75) is 59.5 Å². The van der Waals surface area contributed by atoms with E-state index in [9.17, 15) is 4.79 Å². The molecule has 1 aromatic carbocycles. The van der Waals surface area contributed by atoms with Gasteiger partial charge in [-0.1, -0.05) is 69.5 Å². The van der Waals surface area contributed by atoms with Crippen molar-refractivity contribution in [3.63, 3.8) is 0 Å². The predicted octanol–water partition coefficient (Wildman–Crippen LogP) is 4.98. The second kappa shape index (κ2) is 10.8. The smallest absolute Gasteiger partial charge is 0.290 e. The Balaban J connectivity index is 1.64. The van der Waals surface area contributed by atoms with Gasteiger partial charge in [-0.2, -0.15) is 0 Å². The number of rotatable bonds is 10. The molecule has 0 amide bonds. The first-order valence-electron chi connectivity index (χ1n) is 11.7. The summed E-state index contributed by atoms with van der Waals surface area (Å²) in [7, 11) is 0. The van der Waals surface area contributed by atoms with Crippen LogP contribution in [-0.4, -0.2) is 34.7 Å². The van der Waals surface area contributed by atoms with Gasteiger partial charge in [0.1, 0.15) is 5.15 Å². The van der Waals surface area contributed by atoms with Gasteiger partial charge in [0.25, 0.3) is 0 Å². The molecule has 0 unspecified atom stereocenters. The Bertz CT molecular complexity index is 1270. The van der Waals surface area contributed by atoms with Crippen LogP contribution in [0.2, 0.25) is 5.15 Å². The summed E-state index contributed by atoms with van der Waals surface area (Å²) in [6.07, 6.45) is 7.55. The Morgan fingerprint density at radius 1 is 1.06 bits per heavy atom. The third kappa shape index (κ3) is 5.12. The van der Waals surface area contributed by atoms with Gasteiger partial charge < -0.3 is 0 Å². The minimum atomic E-state index is -0.0384. The van der Waals surface area contributed by atoms with Crippen LogP contribution in [-0.2, 0) is 19.5 Å². The Kier molecular flexibility index (Phi) is 7.57. The first kappa shape index (κ1) is 23.9. The highest BCUT2D eigenvalue weighted by molar-refractivity contribution is 6.30. The lowest BCUT2D eigenvalue weighted by molar-refractivity contribution is 0.504. The number of halogens is 1. The number of tetrazole rings is 1. The first-order chi connectivity index (χ1) is 16.5. The second-order valence-electron chi connectivity index (χ2n) is 8.94.